The van der Waals surface area contributed by atoms with Crippen LogP contribution in [0.5, 0.6) is 0 Å². The Morgan fingerprint density at radius 3 is 2.66 bits per heavy atom. The minimum absolute atomic E-state index is 0.111. The number of thioether (sulfide) groups is 1. The van der Waals surface area contributed by atoms with Gasteiger partial charge in [-0.25, -0.2) is 9.67 Å². The van der Waals surface area contributed by atoms with Crippen LogP contribution >= 0.6 is 11.8 Å². The first-order valence-electron chi connectivity index (χ1n) is 9.51. The molecule has 1 amide bonds. The van der Waals surface area contributed by atoms with Gasteiger partial charge in [-0.15, -0.1) is 0 Å². The maximum absolute atomic E-state index is 12.9. The lowest BCUT2D eigenvalue weighted by molar-refractivity contribution is 0.0934. The first-order chi connectivity index (χ1) is 14.2. The predicted molar refractivity (Wildman–Crippen MR) is 118 cm³/mol. The zero-order valence-electron chi connectivity index (χ0n) is 16.4. The van der Waals surface area contributed by atoms with Gasteiger partial charge in [0.15, 0.2) is 0 Å². The average molecular weight is 406 g/mol. The first kappa shape index (κ1) is 19.3. The van der Waals surface area contributed by atoms with Gasteiger partial charge in [0.05, 0.1) is 22.8 Å². The van der Waals surface area contributed by atoms with Crippen molar-refractivity contribution in [1.82, 2.24) is 25.1 Å². The van der Waals surface area contributed by atoms with Crippen LogP contribution in [0.2, 0.25) is 0 Å². The molecule has 0 bridgehead atoms. The number of nitrogens with one attached hydrogen (secondary N) is 2. The molecule has 1 unspecified atom stereocenters. The lowest BCUT2D eigenvalue weighted by Crippen LogP contribution is -2.29. The summed E-state index contributed by atoms with van der Waals surface area (Å²) in [4.78, 5) is 20.9. The van der Waals surface area contributed by atoms with E-state index in [0.717, 1.165) is 40.4 Å². The number of imidazole rings is 1. The lowest BCUT2D eigenvalue weighted by atomic mass is 10.1. The molecule has 0 radical (unpaired) electrons. The molecule has 1 atom stereocenters. The Morgan fingerprint density at radius 1 is 1.17 bits per heavy atom. The monoisotopic (exact) mass is 405 g/mol. The van der Waals surface area contributed by atoms with Gasteiger partial charge < -0.3 is 10.3 Å². The van der Waals surface area contributed by atoms with Gasteiger partial charge in [-0.1, -0.05) is 12.1 Å². The third-order valence-electron chi connectivity index (χ3n) is 4.86. The highest BCUT2D eigenvalue weighted by molar-refractivity contribution is 7.98. The second-order valence-electron chi connectivity index (χ2n) is 6.88. The highest BCUT2D eigenvalue weighted by atomic mass is 32.2. The maximum Gasteiger partial charge on any atom is 0.251 e. The summed E-state index contributed by atoms with van der Waals surface area (Å²) in [7, 11) is 0. The third-order valence-corrected chi connectivity index (χ3v) is 5.50. The number of fused-ring (bicyclic) bond motifs is 1. The highest BCUT2D eigenvalue weighted by Gasteiger charge is 2.19. The standard InChI is InChI=1S/C22H23N5OS/c1-15-11-13-23-27(15)17-9-7-16(8-10-17)22(28)26-20(12-14-29-2)21-24-18-5-3-4-6-19(18)25-21/h3-11,13,20H,12,14H2,1-2H3,(H,24,25)(H,26,28). The van der Waals surface area contributed by atoms with Crippen LogP contribution in [-0.4, -0.2) is 37.7 Å². The van der Waals surface area contributed by atoms with Gasteiger partial charge in [0.25, 0.3) is 5.91 Å². The Labute approximate surface area is 173 Å². The fourth-order valence-corrected chi connectivity index (χ4v) is 3.76. The van der Waals surface area contributed by atoms with Crippen molar-refractivity contribution in [3.8, 4) is 5.69 Å². The first-order valence-corrected chi connectivity index (χ1v) is 10.9. The van der Waals surface area contributed by atoms with Gasteiger partial charge >= 0.3 is 0 Å². The van der Waals surface area contributed by atoms with Crippen LogP contribution < -0.4 is 5.32 Å². The van der Waals surface area contributed by atoms with Gasteiger partial charge in [-0.3, -0.25) is 4.79 Å². The van der Waals surface area contributed by atoms with Gasteiger partial charge in [0.1, 0.15) is 5.82 Å². The number of hydrogen-bond acceptors (Lipinski definition) is 4. The summed E-state index contributed by atoms with van der Waals surface area (Å²) < 4.78 is 1.84. The fraction of sp³-hybridized carbons (Fsp3) is 0.227. The molecule has 6 nitrogen and oxygen atoms in total. The Hall–Kier alpha value is -3.06. The van der Waals surface area contributed by atoms with Gasteiger partial charge in [-0.2, -0.15) is 16.9 Å². The van der Waals surface area contributed by atoms with Crippen LogP contribution in [-0.2, 0) is 0 Å². The number of para-hydroxylation sites is 2. The molecule has 29 heavy (non-hydrogen) atoms. The van der Waals surface area contributed by atoms with E-state index in [1.807, 2.05) is 66.2 Å². The molecule has 4 aromatic rings. The zero-order chi connectivity index (χ0) is 20.2. The molecule has 2 N–H and O–H groups in total. The van der Waals surface area contributed by atoms with Crippen LogP contribution in [0.3, 0.4) is 0 Å². The van der Waals surface area contributed by atoms with Crippen LogP contribution in [0, 0.1) is 6.92 Å². The SMILES string of the molecule is CSCCC(NC(=O)c1ccc(-n2nccc2C)cc1)c1nc2ccccc2[nH]1. The van der Waals surface area contributed by atoms with Crippen LogP contribution in [0.25, 0.3) is 16.7 Å². The number of carbonyl (C=O) groups is 1. The van der Waals surface area contributed by atoms with E-state index in [0.29, 0.717) is 5.56 Å². The van der Waals surface area contributed by atoms with Crippen molar-refractivity contribution in [2.45, 2.75) is 19.4 Å². The number of H-pyrrole nitrogens is 1. The van der Waals surface area contributed by atoms with E-state index in [1.165, 1.54) is 0 Å². The highest BCUT2D eigenvalue weighted by Crippen LogP contribution is 2.21. The summed E-state index contributed by atoms with van der Waals surface area (Å²) in [5.41, 5.74) is 4.47. The predicted octanol–water partition coefficient (Wildman–Crippen LogP) is 4.28. The minimum atomic E-state index is -0.171. The summed E-state index contributed by atoms with van der Waals surface area (Å²) in [6.45, 7) is 2.00. The molecule has 2 aromatic carbocycles. The van der Waals surface area contributed by atoms with Crippen molar-refractivity contribution in [2.75, 3.05) is 12.0 Å². The summed E-state index contributed by atoms with van der Waals surface area (Å²) >= 11 is 1.75. The molecule has 7 heteroatoms. The molecule has 0 aliphatic carbocycles. The number of aromatic nitrogens is 4. The number of nitrogens with zero attached hydrogens (tertiary/aromatic N) is 3. The van der Waals surface area contributed by atoms with E-state index < -0.39 is 0 Å². The van der Waals surface area contributed by atoms with E-state index in [-0.39, 0.29) is 11.9 Å². The molecular weight excluding hydrogens is 382 g/mol. The molecule has 0 saturated heterocycles. The largest absolute Gasteiger partial charge is 0.342 e. The van der Waals surface area contributed by atoms with Gasteiger partial charge in [0, 0.05) is 17.5 Å². The number of hydrogen-bond donors (Lipinski definition) is 2. The second kappa shape index (κ2) is 8.53. The maximum atomic E-state index is 12.9. The van der Waals surface area contributed by atoms with Crippen molar-refractivity contribution in [1.29, 1.82) is 0 Å². The van der Waals surface area contributed by atoms with E-state index in [1.54, 1.807) is 18.0 Å². The van der Waals surface area contributed by atoms with Gasteiger partial charge in [0.2, 0.25) is 0 Å². The fourth-order valence-electron chi connectivity index (χ4n) is 3.29. The minimum Gasteiger partial charge on any atom is -0.342 e. The summed E-state index contributed by atoms with van der Waals surface area (Å²) in [6, 6.07) is 17.2. The van der Waals surface area contributed by atoms with E-state index >= 15 is 0 Å². The van der Waals surface area contributed by atoms with Crippen molar-refractivity contribution in [3.05, 3.63) is 77.9 Å². The molecule has 0 aliphatic heterocycles. The molecular formula is C22H23N5OS. The van der Waals surface area contributed by atoms with E-state index in [2.05, 4.69) is 26.6 Å². The number of rotatable bonds is 7. The number of amides is 1. The van der Waals surface area contributed by atoms with Crippen molar-refractivity contribution < 1.29 is 4.79 Å². The molecule has 0 saturated carbocycles. The molecule has 0 fully saturated rings. The molecule has 2 heterocycles. The molecule has 2 aromatic heterocycles. The van der Waals surface area contributed by atoms with Gasteiger partial charge in [-0.05, 0) is 67.8 Å². The Kier molecular flexibility index (Phi) is 5.67. The smallest absolute Gasteiger partial charge is 0.251 e. The zero-order valence-corrected chi connectivity index (χ0v) is 17.2. The van der Waals surface area contributed by atoms with Crippen molar-refractivity contribution in [2.24, 2.45) is 0 Å². The van der Waals surface area contributed by atoms with Crippen LogP contribution in [0.15, 0.2) is 60.8 Å². The molecule has 4 rings (SSSR count). The normalized spacial score (nSPS) is 12.2. The number of benzene rings is 2. The Balaban J connectivity index is 1.54. The molecule has 148 valence electrons. The van der Waals surface area contributed by atoms with Crippen molar-refractivity contribution in [3.63, 3.8) is 0 Å². The lowest BCUT2D eigenvalue weighted by Gasteiger charge is -2.16. The third kappa shape index (κ3) is 4.19. The van der Waals surface area contributed by atoms with E-state index in [4.69, 9.17) is 0 Å². The summed E-state index contributed by atoms with van der Waals surface area (Å²) in [5, 5.41) is 7.45. The number of aromatic amines is 1. The number of carbonyl (C=O) groups excluding carboxylic acids is 1. The molecule has 0 aliphatic rings. The van der Waals surface area contributed by atoms with Crippen LogP contribution in [0.4, 0.5) is 0 Å². The van der Waals surface area contributed by atoms with E-state index in [9.17, 15) is 4.79 Å². The van der Waals surface area contributed by atoms with Crippen LogP contribution in [0.1, 0.15) is 34.3 Å². The second-order valence-corrected chi connectivity index (χ2v) is 7.86. The quantitative estimate of drug-likeness (QED) is 0.481. The Morgan fingerprint density at radius 2 is 1.97 bits per heavy atom. The average Bonchev–Trinajstić information content (AvgIpc) is 3.37. The molecule has 0 spiro atoms. The summed E-state index contributed by atoms with van der Waals surface area (Å²) in [5.74, 6) is 1.61. The topological polar surface area (TPSA) is 75.6 Å². The number of aryl methyl sites for hydroxylation is 1. The summed E-state index contributed by atoms with van der Waals surface area (Å²) in [6.07, 6.45) is 4.63. The Bertz CT molecular complexity index is 1080. The van der Waals surface area contributed by atoms with Crippen molar-refractivity contribution >= 4 is 28.7 Å².